The molecule has 0 unspecified atom stereocenters. The molecule has 8 rings (SSSR count). The van der Waals surface area contributed by atoms with Gasteiger partial charge in [-0.05, 0) is 91.1 Å². The van der Waals surface area contributed by atoms with Crippen molar-refractivity contribution >= 4 is 43.1 Å². The highest BCUT2D eigenvalue weighted by Gasteiger charge is 2.34. The fourth-order valence-electron chi connectivity index (χ4n) is 6.31. The van der Waals surface area contributed by atoms with Gasteiger partial charge in [-0.1, -0.05) is 72.8 Å². The normalized spacial score (nSPS) is 13.1. The summed E-state index contributed by atoms with van der Waals surface area (Å²) in [6, 6.07) is 38.5. The molecule has 1 aliphatic heterocycles. The first-order valence-corrected chi connectivity index (χ1v) is 12.8. The van der Waals surface area contributed by atoms with Gasteiger partial charge in [-0.2, -0.15) is 0 Å². The van der Waals surface area contributed by atoms with Crippen LogP contribution in [-0.4, -0.2) is 10.2 Å². The minimum absolute atomic E-state index is 0.208. The number of fused-ring (bicyclic) bond motifs is 8. The van der Waals surface area contributed by atoms with Crippen LogP contribution in [0.5, 0.6) is 23.0 Å². The summed E-state index contributed by atoms with van der Waals surface area (Å²) in [5.74, 6) is 1.78. The fourth-order valence-corrected chi connectivity index (χ4v) is 6.31. The SMILES string of the molecule is Oc1ccc2ccc3c(c2c1)C(c1c2ccccc2cc2ccccc12)c1c(ccc2ccc(O)cc12)O3. The Kier molecular flexibility index (Phi) is 4.30. The molecular formula is C35H22O3. The molecule has 0 atom stereocenters. The Balaban J connectivity index is 1.62. The van der Waals surface area contributed by atoms with E-state index in [1.54, 1.807) is 12.1 Å². The van der Waals surface area contributed by atoms with Crippen LogP contribution < -0.4 is 4.74 Å². The molecule has 0 saturated carbocycles. The highest BCUT2D eigenvalue weighted by molar-refractivity contribution is 6.06. The molecule has 1 heterocycles. The smallest absolute Gasteiger partial charge is 0.132 e. The molecule has 1 aliphatic rings. The zero-order valence-electron chi connectivity index (χ0n) is 20.3. The van der Waals surface area contributed by atoms with Crippen molar-refractivity contribution in [2.24, 2.45) is 0 Å². The van der Waals surface area contributed by atoms with Gasteiger partial charge in [-0.25, -0.2) is 0 Å². The van der Waals surface area contributed by atoms with Crippen LogP contribution in [0.2, 0.25) is 0 Å². The lowest BCUT2D eigenvalue weighted by Gasteiger charge is -2.32. The van der Waals surface area contributed by atoms with Crippen LogP contribution in [0.25, 0.3) is 43.1 Å². The van der Waals surface area contributed by atoms with Crippen molar-refractivity contribution in [1.29, 1.82) is 0 Å². The fraction of sp³-hybridized carbons (Fsp3) is 0.0286. The molecule has 0 saturated heterocycles. The molecule has 3 heteroatoms. The van der Waals surface area contributed by atoms with E-state index in [4.69, 9.17) is 4.74 Å². The van der Waals surface area contributed by atoms with E-state index >= 15 is 0 Å². The monoisotopic (exact) mass is 490 g/mol. The average Bonchev–Trinajstić information content (AvgIpc) is 2.94. The van der Waals surface area contributed by atoms with Crippen molar-refractivity contribution < 1.29 is 14.9 Å². The Morgan fingerprint density at radius 3 is 1.42 bits per heavy atom. The Hall–Kier alpha value is -5.02. The standard InChI is InChI=1S/C35H22O3/c36-24-13-9-20-11-15-30-33(28(20)18-24)35(34-29-19-25(37)14-10-21(29)12-16-31(34)38-30)32-26-7-3-1-5-22(26)17-23-6-2-4-8-27(23)32/h1-19,35-37H. The number of aromatic hydroxyl groups is 2. The molecule has 7 aromatic carbocycles. The zero-order chi connectivity index (χ0) is 25.4. The van der Waals surface area contributed by atoms with Gasteiger partial charge in [0.05, 0.1) is 0 Å². The first kappa shape index (κ1) is 21.1. The van der Waals surface area contributed by atoms with Gasteiger partial charge in [0.1, 0.15) is 23.0 Å². The Bertz CT molecular complexity index is 1950. The molecule has 3 nitrogen and oxygen atoms in total. The van der Waals surface area contributed by atoms with Crippen molar-refractivity contribution in [2.45, 2.75) is 5.92 Å². The van der Waals surface area contributed by atoms with Crippen molar-refractivity contribution in [2.75, 3.05) is 0 Å². The molecule has 0 aromatic heterocycles. The van der Waals surface area contributed by atoms with E-state index in [2.05, 4.69) is 54.6 Å². The van der Waals surface area contributed by atoms with Crippen LogP contribution in [0.4, 0.5) is 0 Å². The molecule has 180 valence electrons. The van der Waals surface area contributed by atoms with Gasteiger partial charge >= 0.3 is 0 Å². The number of phenols is 2. The maximum Gasteiger partial charge on any atom is 0.132 e. The lowest BCUT2D eigenvalue weighted by molar-refractivity contribution is 0.456. The van der Waals surface area contributed by atoms with Crippen LogP contribution in [-0.2, 0) is 0 Å². The molecule has 0 radical (unpaired) electrons. The number of rotatable bonds is 1. The van der Waals surface area contributed by atoms with Crippen molar-refractivity contribution in [3.8, 4) is 23.0 Å². The number of hydrogen-bond donors (Lipinski definition) is 2. The molecule has 0 spiro atoms. The van der Waals surface area contributed by atoms with Gasteiger partial charge in [0, 0.05) is 17.0 Å². The maximum atomic E-state index is 10.6. The van der Waals surface area contributed by atoms with Crippen LogP contribution in [0.1, 0.15) is 22.6 Å². The summed E-state index contributed by atoms with van der Waals surface area (Å²) in [5, 5.41) is 29.8. The van der Waals surface area contributed by atoms with E-state index < -0.39 is 0 Å². The third-order valence-electron chi connectivity index (χ3n) is 7.91. The van der Waals surface area contributed by atoms with E-state index in [0.29, 0.717) is 0 Å². The van der Waals surface area contributed by atoms with Gasteiger partial charge in [-0.15, -0.1) is 0 Å². The summed E-state index contributed by atoms with van der Waals surface area (Å²) in [6.45, 7) is 0. The van der Waals surface area contributed by atoms with E-state index in [9.17, 15) is 10.2 Å². The number of phenolic OH excluding ortho intramolecular Hbond substituents is 2. The number of benzene rings is 7. The van der Waals surface area contributed by atoms with Gasteiger partial charge in [-0.3, -0.25) is 0 Å². The predicted octanol–water partition coefficient (Wildman–Crippen LogP) is 9.00. The molecular weight excluding hydrogens is 468 g/mol. The van der Waals surface area contributed by atoms with E-state index in [1.165, 1.54) is 27.1 Å². The Labute approximate surface area is 218 Å². The topological polar surface area (TPSA) is 49.7 Å². The average molecular weight is 491 g/mol. The molecule has 0 fully saturated rings. The largest absolute Gasteiger partial charge is 0.508 e. The molecule has 0 bridgehead atoms. The van der Waals surface area contributed by atoms with E-state index in [1.807, 2.05) is 48.5 Å². The third-order valence-corrected chi connectivity index (χ3v) is 7.91. The summed E-state index contributed by atoms with van der Waals surface area (Å²) in [6.07, 6.45) is 0. The number of hydrogen-bond acceptors (Lipinski definition) is 3. The van der Waals surface area contributed by atoms with Gasteiger partial charge in [0.25, 0.3) is 0 Å². The van der Waals surface area contributed by atoms with E-state index in [0.717, 1.165) is 44.2 Å². The second kappa shape index (κ2) is 7.74. The summed E-state index contributed by atoms with van der Waals surface area (Å²) < 4.78 is 6.59. The zero-order valence-corrected chi connectivity index (χ0v) is 20.3. The first-order valence-electron chi connectivity index (χ1n) is 12.8. The molecule has 7 aromatic rings. The highest BCUT2D eigenvalue weighted by atomic mass is 16.5. The molecule has 2 N–H and O–H groups in total. The predicted molar refractivity (Wildman–Crippen MR) is 154 cm³/mol. The first-order chi connectivity index (χ1) is 18.7. The van der Waals surface area contributed by atoms with Gasteiger partial charge in [0.15, 0.2) is 0 Å². The Morgan fingerprint density at radius 1 is 0.421 bits per heavy atom. The van der Waals surface area contributed by atoms with Gasteiger partial charge < -0.3 is 14.9 Å². The number of ether oxygens (including phenoxy) is 1. The summed E-state index contributed by atoms with van der Waals surface area (Å²) in [4.78, 5) is 0. The maximum absolute atomic E-state index is 10.6. The van der Waals surface area contributed by atoms with E-state index in [-0.39, 0.29) is 17.4 Å². The third kappa shape index (κ3) is 2.96. The minimum atomic E-state index is -0.208. The Morgan fingerprint density at radius 2 is 0.895 bits per heavy atom. The van der Waals surface area contributed by atoms with Crippen molar-refractivity contribution in [1.82, 2.24) is 0 Å². The quantitative estimate of drug-likeness (QED) is 0.226. The van der Waals surface area contributed by atoms with Crippen LogP contribution in [0.15, 0.2) is 115 Å². The summed E-state index contributed by atoms with van der Waals surface area (Å²) in [7, 11) is 0. The van der Waals surface area contributed by atoms with Crippen LogP contribution in [0, 0.1) is 0 Å². The second-order valence-corrected chi connectivity index (χ2v) is 10.0. The minimum Gasteiger partial charge on any atom is -0.508 e. The summed E-state index contributed by atoms with van der Waals surface area (Å²) >= 11 is 0. The molecule has 0 amide bonds. The van der Waals surface area contributed by atoms with Crippen molar-refractivity contribution in [3.05, 3.63) is 132 Å². The molecule has 0 aliphatic carbocycles. The van der Waals surface area contributed by atoms with Crippen LogP contribution >= 0.6 is 0 Å². The molecule has 38 heavy (non-hydrogen) atoms. The van der Waals surface area contributed by atoms with Crippen LogP contribution in [0.3, 0.4) is 0 Å². The lowest BCUT2D eigenvalue weighted by atomic mass is 9.75. The second-order valence-electron chi connectivity index (χ2n) is 10.0. The lowest BCUT2D eigenvalue weighted by Crippen LogP contribution is -2.14. The highest BCUT2D eigenvalue weighted by Crippen LogP contribution is 2.55. The van der Waals surface area contributed by atoms with Gasteiger partial charge in [0.2, 0.25) is 0 Å². The summed E-state index contributed by atoms with van der Waals surface area (Å²) in [5.41, 5.74) is 3.22. The van der Waals surface area contributed by atoms with Crippen molar-refractivity contribution in [3.63, 3.8) is 0 Å².